The lowest BCUT2D eigenvalue weighted by molar-refractivity contribution is 0.137. The molecule has 0 unspecified atom stereocenters. The quantitative estimate of drug-likeness (QED) is 0.717. The van der Waals surface area contributed by atoms with Crippen molar-refractivity contribution in [1.82, 2.24) is 0 Å². The van der Waals surface area contributed by atoms with E-state index in [0.717, 1.165) is 23.0 Å². The van der Waals surface area contributed by atoms with Gasteiger partial charge in [-0.2, -0.15) is 0 Å². The van der Waals surface area contributed by atoms with Gasteiger partial charge in [-0.05, 0) is 24.3 Å². The molecular formula is C24H35BO5. The van der Waals surface area contributed by atoms with Crippen LogP contribution in [0.2, 0.25) is 6.32 Å². The molecule has 0 aromatic heterocycles. The van der Waals surface area contributed by atoms with Crippen LogP contribution in [0.4, 0.5) is 0 Å². The van der Waals surface area contributed by atoms with Gasteiger partial charge in [0, 0.05) is 5.92 Å². The second kappa shape index (κ2) is 15.5. The third-order valence-electron chi connectivity index (χ3n) is 4.19. The van der Waals surface area contributed by atoms with E-state index in [2.05, 4.69) is 0 Å². The number of hydrogen-bond acceptors (Lipinski definition) is 5. The minimum Gasteiger partial charge on any atom is -0.489 e. The van der Waals surface area contributed by atoms with E-state index < -0.39 is 0 Å². The van der Waals surface area contributed by atoms with Crippen molar-refractivity contribution in [2.45, 2.75) is 34.0 Å². The molecule has 1 N–H and O–H groups in total. The van der Waals surface area contributed by atoms with Gasteiger partial charge in [-0.1, -0.05) is 58.3 Å². The Morgan fingerprint density at radius 1 is 0.667 bits per heavy atom. The molecule has 2 aliphatic rings. The molecule has 30 heavy (non-hydrogen) atoms. The van der Waals surface area contributed by atoms with Gasteiger partial charge in [-0.15, -0.1) is 0 Å². The highest BCUT2D eigenvalue weighted by atomic mass is 16.5. The summed E-state index contributed by atoms with van der Waals surface area (Å²) < 4.78 is 22.0. The lowest BCUT2D eigenvalue weighted by atomic mass is 9.92. The molecule has 164 valence electrons. The standard InChI is InChI=1S/C10H11BO2.C10H12O3.2C2H6/c2*11-5-8-6-12-9-3-1-2-4-10(9)13-7-8;2*1-2/h1-4,8H,5-7H2;1-4,8,11H,5-7H2;2*1-2H3. The normalized spacial score (nSPS) is 14.8. The van der Waals surface area contributed by atoms with E-state index >= 15 is 0 Å². The molecule has 0 bridgehead atoms. The first-order chi connectivity index (χ1) is 14.8. The molecule has 2 aliphatic heterocycles. The van der Waals surface area contributed by atoms with Crippen LogP contribution < -0.4 is 18.9 Å². The molecule has 6 heteroatoms. The highest BCUT2D eigenvalue weighted by Crippen LogP contribution is 2.30. The van der Waals surface area contributed by atoms with Gasteiger partial charge in [-0.3, -0.25) is 0 Å². The summed E-state index contributed by atoms with van der Waals surface area (Å²) in [6, 6.07) is 15.2. The molecule has 2 aromatic rings. The lowest BCUT2D eigenvalue weighted by Gasteiger charge is -2.09. The number of ether oxygens (including phenoxy) is 4. The minimum absolute atomic E-state index is 0.0763. The van der Waals surface area contributed by atoms with Crippen molar-refractivity contribution in [2.24, 2.45) is 11.8 Å². The molecule has 0 saturated carbocycles. The van der Waals surface area contributed by atoms with Gasteiger partial charge in [-0.25, -0.2) is 0 Å². The Bertz CT molecular complexity index is 581. The summed E-state index contributed by atoms with van der Waals surface area (Å²) in [6.45, 7) is 10.4. The van der Waals surface area contributed by atoms with Crippen LogP contribution in [0.25, 0.3) is 0 Å². The molecule has 0 spiro atoms. The van der Waals surface area contributed by atoms with Crippen LogP contribution in [-0.2, 0) is 0 Å². The van der Waals surface area contributed by atoms with Crippen molar-refractivity contribution >= 4 is 7.85 Å². The van der Waals surface area contributed by atoms with E-state index in [9.17, 15) is 0 Å². The Morgan fingerprint density at radius 2 is 0.967 bits per heavy atom. The van der Waals surface area contributed by atoms with E-state index in [1.807, 2.05) is 76.2 Å². The predicted octanol–water partition coefficient (Wildman–Crippen LogP) is 4.78. The lowest BCUT2D eigenvalue weighted by Crippen LogP contribution is -2.20. The third kappa shape index (κ3) is 8.19. The van der Waals surface area contributed by atoms with Gasteiger partial charge < -0.3 is 24.1 Å². The summed E-state index contributed by atoms with van der Waals surface area (Å²) in [7, 11) is 5.55. The molecule has 0 aliphatic carbocycles. The van der Waals surface area contributed by atoms with Gasteiger partial charge in [0.05, 0.1) is 46.8 Å². The average Bonchev–Trinajstić information content (AvgIpc) is 3.18. The van der Waals surface area contributed by atoms with Crippen LogP contribution in [-0.4, -0.2) is 46.0 Å². The molecule has 0 amide bonds. The molecule has 0 fully saturated rings. The van der Waals surface area contributed by atoms with Gasteiger partial charge in [0.1, 0.15) is 0 Å². The number of aliphatic hydroxyl groups is 1. The SMILES string of the molecule is CC.CC.OCC1COc2ccccc2OC1.[B]CC1COc2ccccc2OC1. The molecule has 0 saturated heterocycles. The van der Waals surface area contributed by atoms with Crippen molar-refractivity contribution in [2.75, 3.05) is 33.0 Å². The zero-order chi connectivity index (χ0) is 22.2. The third-order valence-corrected chi connectivity index (χ3v) is 4.19. The Morgan fingerprint density at radius 3 is 1.23 bits per heavy atom. The van der Waals surface area contributed by atoms with E-state index in [0.29, 0.717) is 38.7 Å². The van der Waals surface area contributed by atoms with Gasteiger partial charge in [0.2, 0.25) is 0 Å². The Kier molecular flexibility index (Phi) is 13.3. The first-order valence-electron chi connectivity index (χ1n) is 10.8. The molecule has 5 nitrogen and oxygen atoms in total. The van der Waals surface area contributed by atoms with E-state index in [1.54, 1.807) is 0 Å². The Balaban J connectivity index is 0.000000258. The summed E-state index contributed by atoms with van der Waals surface area (Å²) in [5, 5.41) is 8.94. The number of rotatable bonds is 2. The molecule has 4 rings (SSSR count). The monoisotopic (exact) mass is 414 g/mol. The Labute approximate surface area is 182 Å². The molecular weight excluding hydrogens is 379 g/mol. The zero-order valence-electron chi connectivity index (χ0n) is 18.7. The fourth-order valence-electron chi connectivity index (χ4n) is 2.55. The number of benzene rings is 2. The summed E-state index contributed by atoms with van der Waals surface area (Å²) >= 11 is 0. The zero-order valence-corrected chi connectivity index (χ0v) is 18.7. The molecule has 2 aromatic carbocycles. The van der Waals surface area contributed by atoms with Crippen molar-refractivity contribution in [3.8, 4) is 23.0 Å². The van der Waals surface area contributed by atoms with Crippen LogP contribution in [0.5, 0.6) is 23.0 Å². The maximum atomic E-state index is 8.94. The maximum absolute atomic E-state index is 8.94. The Hall–Kier alpha value is -2.34. The number of fused-ring (bicyclic) bond motifs is 2. The van der Waals surface area contributed by atoms with Crippen molar-refractivity contribution < 1.29 is 24.1 Å². The second-order valence-corrected chi connectivity index (χ2v) is 6.29. The van der Waals surface area contributed by atoms with Crippen LogP contribution in [0.15, 0.2) is 48.5 Å². The minimum atomic E-state index is 0.0763. The fraction of sp³-hybridized carbons (Fsp3) is 0.500. The van der Waals surface area contributed by atoms with E-state index in [4.69, 9.17) is 31.9 Å². The smallest absolute Gasteiger partial charge is 0.161 e. The van der Waals surface area contributed by atoms with E-state index in [-0.39, 0.29) is 12.5 Å². The van der Waals surface area contributed by atoms with Gasteiger partial charge in [0.15, 0.2) is 23.0 Å². The summed E-state index contributed by atoms with van der Waals surface area (Å²) in [5.74, 6) is 3.54. The maximum Gasteiger partial charge on any atom is 0.161 e. The fourth-order valence-corrected chi connectivity index (χ4v) is 2.55. The second-order valence-electron chi connectivity index (χ2n) is 6.29. The topological polar surface area (TPSA) is 57.2 Å². The molecule has 2 radical (unpaired) electrons. The highest BCUT2D eigenvalue weighted by molar-refractivity contribution is 6.08. The largest absolute Gasteiger partial charge is 0.489 e. The first kappa shape index (κ1) is 25.7. The van der Waals surface area contributed by atoms with Gasteiger partial charge >= 0.3 is 0 Å². The predicted molar refractivity (Wildman–Crippen MR) is 122 cm³/mol. The summed E-state index contributed by atoms with van der Waals surface area (Å²) in [4.78, 5) is 0. The number of aliphatic hydroxyl groups excluding tert-OH is 1. The van der Waals surface area contributed by atoms with Crippen LogP contribution in [0.1, 0.15) is 27.7 Å². The molecule has 2 heterocycles. The number of para-hydroxylation sites is 4. The van der Waals surface area contributed by atoms with E-state index in [1.165, 1.54) is 0 Å². The van der Waals surface area contributed by atoms with Crippen LogP contribution in [0, 0.1) is 11.8 Å². The average molecular weight is 414 g/mol. The summed E-state index contributed by atoms with van der Waals surface area (Å²) in [5.41, 5.74) is 0. The molecule has 0 atom stereocenters. The van der Waals surface area contributed by atoms with Gasteiger partial charge in [0.25, 0.3) is 0 Å². The van der Waals surface area contributed by atoms with Crippen LogP contribution >= 0.6 is 0 Å². The summed E-state index contributed by atoms with van der Waals surface area (Å²) in [6.07, 6.45) is 0.605. The highest BCUT2D eigenvalue weighted by Gasteiger charge is 2.17. The van der Waals surface area contributed by atoms with Crippen molar-refractivity contribution in [3.63, 3.8) is 0 Å². The number of hydrogen-bond donors (Lipinski definition) is 1. The van der Waals surface area contributed by atoms with Crippen LogP contribution in [0.3, 0.4) is 0 Å². The van der Waals surface area contributed by atoms with Crippen molar-refractivity contribution in [1.29, 1.82) is 0 Å². The van der Waals surface area contributed by atoms with Crippen molar-refractivity contribution in [3.05, 3.63) is 48.5 Å². The first-order valence-corrected chi connectivity index (χ1v) is 10.8.